The number of hydrogen-bond acceptors (Lipinski definition) is 4. The van der Waals surface area contributed by atoms with Gasteiger partial charge >= 0.3 is 5.97 Å². The third-order valence-corrected chi connectivity index (χ3v) is 3.90. The summed E-state index contributed by atoms with van der Waals surface area (Å²) in [6.07, 6.45) is 5.28. The number of nitrogens with one attached hydrogen (secondary N) is 1. The molecule has 1 aromatic rings. The maximum atomic E-state index is 12.0. The Morgan fingerprint density at radius 2 is 2.29 bits per heavy atom. The molecule has 2 rings (SSSR count). The summed E-state index contributed by atoms with van der Waals surface area (Å²) in [5, 5.41) is 12.0. The smallest absolute Gasteiger partial charge is 0.320 e. The minimum Gasteiger partial charge on any atom is -0.480 e. The molecule has 116 valence electrons. The van der Waals surface area contributed by atoms with Gasteiger partial charge in [0.05, 0.1) is 0 Å². The van der Waals surface area contributed by atoms with Gasteiger partial charge in [-0.15, -0.1) is 0 Å². The van der Waals surface area contributed by atoms with Gasteiger partial charge < -0.3 is 15.0 Å². The summed E-state index contributed by atoms with van der Waals surface area (Å²) in [6, 6.07) is -0.590. The van der Waals surface area contributed by atoms with Crippen molar-refractivity contribution in [3.8, 4) is 0 Å². The zero-order valence-corrected chi connectivity index (χ0v) is 12.5. The van der Waals surface area contributed by atoms with Gasteiger partial charge in [0.2, 0.25) is 5.91 Å². The monoisotopic (exact) mass is 294 g/mol. The lowest BCUT2D eigenvalue weighted by atomic mass is 10.1. The molecular formula is C14H22N4O3. The standard InChI is InChI=1S/C14H22N4O3/c1-3-12-15-5-7-18(12)6-4-13(19)16-10-8-11(14(20)21)17(2)9-10/h5,7,10-11H,3-4,6,8-9H2,1-2H3,(H,16,19)(H,20,21)/t10-,11+/m1/s1. The van der Waals surface area contributed by atoms with E-state index < -0.39 is 12.0 Å². The fourth-order valence-corrected chi connectivity index (χ4v) is 2.77. The SMILES string of the molecule is CCc1nccn1CCC(=O)N[C@@H]1C[C@@H](C(=O)O)N(C)C1. The van der Waals surface area contributed by atoms with Crippen molar-refractivity contribution in [1.29, 1.82) is 0 Å². The number of aliphatic carboxylic acids is 1. The molecule has 0 aromatic carbocycles. The number of rotatable bonds is 6. The van der Waals surface area contributed by atoms with Gasteiger partial charge in [0.15, 0.2) is 0 Å². The third kappa shape index (κ3) is 3.81. The quantitative estimate of drug-likeness (QED) is 0.777. The number of aromatic nitrogens is 2. The molecule has 2 heterocycles. The molecule has 1 saturated heterocycles. The molecule has 1 amide bonds. The normalized spacial score (nSPS) is 22.4. The molecule has 1 fully saturated rings. The molecule has 0 unspecified atom stereocenters. The van der Waals surface area contributed by atoms with Crippen LogP contribution in [-0.2, 0) is 22.6 Å². The van der Waals surface area contributed by atoms with E-state index in [1.54, 1.807) is 18.1 Å². The van der Waals surface area contributed by atoms with Crippen LogP contribution in [0.4, 0.5) is 0 Å². The summed E-state index contributed by atoms with van der Waals surface area (Å²) < 4.78 is 1.97. The Hall–Kier alpha value is -1.89. The van der Waals surface area contributed by atoms with E-state index in [0.29, 0.717) is 25.9 Å². The molecule has 0 bridgehead atoms. The number of carbonyl (C=O) groups is 2. The average molecular weight is 294 g/mol. The predicted octanol–water partition coefficient (Wildman–Crippen LogP) is 0.109. The first-order chi connectivity index (χ1) is 10.0. The first-order valence-corrected chi connectivity index (χ1v) is 7.23. The van der Waals surface area contributed by atoms with Gasteiger partial charge in [-0.25, -0.2) is 4.98 Å². The number of imidazole rings is 1. The van der Waals surface area contributed by atoms with E-state index in [1.165, 1.54) is 0 Å². The fourth-order valence-electron chi connectivity index (χ4n) is 2.77. The van der Waals surface area contributed by atoms with Gasteiger partial charge in [-0.05, 0) is 13.5 Å². The van der Waals surface area contributed by atoms with Crippen LogP contribution in [0.1, 0.15) is 25.6 Å². The largest absolute Gasteiger partial charge is 0.480 e. The molecule has 1 aliphatic heterocycles. The Kier molecular flexibility index (Phi) is 4.95. The Morgan fingerprint density at radius 1 is 1.52 bits per heavy atom. The highest BCUT2D eigenvalue weighted by Gasteiger charge is 2.34. The zero-order valence-electron chi connectivity index (χ0n) is 12.5. The fraction of sp³-hybridized carbons (Fsp3) is 0.643. The van der Waals surface area contributed by atoms with Crippen LogP contribution in [0, 0.1) is 0 Å². The van der Waals surface area contributed by atoms with Crippen molar-refractivity contribution in [2.45, 2.75) is 44.8 Å². The van der Waals surface area contributed by atoms with Gasteiger partial charge in [0.1, 0.15) is 11.9 Å². The second kappa shape index (κ2) is 6.71. The topological polar surface area (TPSA) is 87.5 Å². The van der Waals surface area contributed by atoms with E-state index in [4.69, 9.17) is 5.11 Å². The Labute approximate surface area is 124 Å². The number of likely N-dealkylation sites (tertiary alicyclic amines) is 1. The van der Waals surface area contributed by atoms with E-state index >= 15 is 0 Å². The number of likely N-dealkylation sites (N-methyl/N-ethyl adjacent to an activating group) is 1. The Balaban J connectivity index is 1.79. The first-order valence-electron chi connectivity index (χ1n) is 7.23. The van der Waals surface area contributed by atoms with E-state index in [2.05, 4.69) is 10.3 Å². The molecule has 0 spiro atoms. The summed E-state index contributed by atoms with van der Waals surface area (Å²) >= 11 is 0. The molecule has 0 aliphatic carbocycles. The molecule has 7 heteroatoms. The number of carbonyl (C=O) groups excluding carboxylic acids is 1. The predicted molar refractivity (Wildman–Crippen MR) is 76.8 cm³/mol. The maximum absolute atomic E-state index is 12.0. The van der Waals surface area contributed by atoms with Crippen LogP contribution in [0.3, 0.4) is 0 Å². The second-order valence-corrected chi connectivity index (χ2v) is 5.43. The number of nitrogens with zero attached hydrogens (tertiary/aromatic N) is 3. The number of amides is 1. The van der Waals surface area contributed by atoms with Crippen molar-refractivity contribution in [2.75, 3.05) is 13.6 Å². The van der Waals surface area contributed by atoms with Crippen LogP contribution >= 0.6 is 0 Å². The number of hydrogen-bond donors (Lipinski definition) is 2. The van der Waals surface area contributed by atoms with Crippen molar-refractivity contribution < 1.29 is 14.7 Å². The van der Waals surface area contributed by atoms with Crippen LogP contribution in [0.2, 0.25) is 0 Å². The van der Waals surface area contributed by atoms with E-state index in [-0.39, 0.29) is 11.9 Å². The molecule has 0 radical (unpaired) electrons. The lowest BCUT2D eigenvalue weighted by molar-refractivity contribution is -0.141. The molecule has 0 saturated carbocycles. The minimum atomic E-state index is -0.833. The summed E-state index contributed by atoms with van der Waals surface area (Å²) in [4.78, 5) is 29.0. The van der Waals surface area contributed by atoms with Crippen molar-refractivity contribution in [3.05, 3.63) is 18.2 Å². The van der Waals surface area contributed by atoms with Crippen molar-refractivity contribution >= 4 is 11.9 Å². The van der Waals surface area contributed by atoms with Gasteiger partial charge in [-0.3, -0.25) is 14.5 Å². The molecule has 2 atom stereocenters. The van der Waals surface area contributed by atoms with Crippen LogP contribution in [-0.4, -0.2) is 57.1 Å². The summed E-state index contributed by atoms with van der Waals surface area (Å²) in [5.74, 6) is 0.0878. The summed E-state index contributed by atoms with van der Waals surface area (Å²) in [7, 11) is 1.77. The number of aryl methyl sites for hydroxylation is 2. The minimum absolute atomic E-state index is 0.0461. The molecule has 2 N–H and O–H groups in total. The highest BCUT2D eigenvalue weighted by Crippen LogP contribution is 2.16. The Bertz CT molecular complexity index is 514. The first kappa shape index (κ1) is 15.5. The molecular weight excluding hydrogens is 272 g/mol. The lowest BCUT2D eigenvalue weighted by Crippen LogP contribution is -2.36. The average Bonchev–Trinajstić information content (AvgIpc) is 3.02. The van der Waals surface area contributed by atoms with Crippen LogP contribution in [0.5, 0.6) is 0 Å². The number of carboxylic acid groups (broad SMARTS) is 1. The lowest BCUT2D eigenvalue weighted by Gasteiger charge is -2.13. The number of carboxylic acids is 1. The van der Waals surface area contributed by atoms with Gasteiger partial charge in [-0.1, -0.05) is 6.92 Å². The molecule has 1 aliphatic rings. The van der Waals surface area contributed by atoms with Gasteiger partial charge in [0, 0.05) is 44.4 Å². The van der Waals surface area contributed by atoms with Crippen molar-refractivity contribution in [3.63, 3.8) is 0 Å². The molecule has 21 heavy (non-hydrogen) atoms. The molecule has 7 nitrogen and oxygen atoms in total. The van der Waals surface area contributed by atoms with Crippen LogP contribution in [0.15, 0.2) is 12.4 Å². The van der Waals surface area contributed by atoms with E-state index in [1.807, 2.05) is 17.7 Å². The van der Waals surface area contributed by atoms with Crippen LogP contribution in [0.25, 0.3) is 0 Å². The van der Waals surface area contributed by atoms with Crippen LogP contribution < -0.4 is 5.32 Å². The van der Waals surface area contributed by atoms with E-state index in [9.17, 15) is 9.59 Å². The zero-order chi connectivity index (χ0) is 15.4. The van der Waals surface area contributed by atoms with Crippen molar-refractivity contribution in [2.24, 2.45) is 0 Å². The highest BCUT2D eigenvalue weighted by atomic mass is 16.4. The third-order valence-electron chi connectivity index (χ3n) is 3.90. The highest BCUT2D eigenvalue weighted by molar-refractivity contribution is 5.77. The summed E-state index contributed by atoms with van der Waals surface area (Å²) in [6.45, 7) is 3.20. The summed E-state index contributed by atoms with van der Waals surface area (Å²) in [5.41, 5.74) is 0. The van der Waals surface area contributed by atoms with Crippen molar-refractivity contribution in [1.82, 2.24) is 19.8 Å². The maximum Gasteiger partial charge on any atom is 0.320 e. The second-order valence-electron chi connectivity index (χ2n) is 5.43. The van der Waals surface area contributed by atoms with Gasteiger partial charge in [0.25, 0.3) is 0 Å². The molecule has 1 aromatic heterocycles. The van der Waals surface area contributed by atoms with E-state index in [0.717, 1.165) is 12.2 Å². The van der Waals surface area contributed by atoms with Gasteiger partial charge in [-0.2, -0.15) is 0 Å². The Morgan fingerprint density at radius 3 is 2.90 bits per heavy atom.